The van der Waals surface area contributed by atoms with Gasteiger partial charge in [-0.2, -0.15) is 0 Å². The Bertz CT molecular complexity index is 618. The van der Waals surface area contributed by atoms with Crippen molar-refractivity contribution in [2.45, 2.75) is 156 Å². The van der Waals surface area contributed by atoms with E-state index in [2.05, 4.69) is 36.1 Å². The van der Waals surface area contributed by atoms with Crippen LogP contribution in [0.4, 0.5) is 0 Å². The molecule has 0 rings (SSSR count). The first-order chi connectivity index (χ1) is 18.0. The maximum Gasteiger partial charge on any atom is 2.00 e. The van der Waals surface area contributed by atoms with Gasteiger partial charge < -0.3 is 9.11 Å². The van der Waals surface area contributed by atoms with Crippen molar-refractivity contribution in [3.05, 3.63) is 0 Å². The zero-order valence-electron chi connectivity index (χ0n) is 25.5. The first kappa shape index (κ1) is 44.4. The molecule has 11 heteroatoms. The minimum atomic E-state index is -4.54. The third kappa shape index (κ3) is 39.0. The number of rotatable bonds is 26. The second-order valence-electron chi connectivity index (χ2n) is 10.5. The van der Waals surface area contributed by atoms with Crippen LogP contribution in [-0.2, 0) is 29.2 Å². The Hall–Kier alpha value is 1.000. The molecule has 0 N–H and O–H groups in total. The molecule has 0 aliphatic rings. The van der Waals surface area contributed by atoms with Crippen molar-refractivity contribution in [3.63, 3.8) is 0 Å². The van der Waals surface area contributed by atoms with E-state index in [4.69, 9.17) is 0 Å². The molecule has 0 unspecified atom stereocenters. The summed E-state index contributed by atoms with van der Waals surface area (Å²) in [6.07, 6.45) is 22.5. The van der Waals surface area contributed by atoms with Gasteiger partial charge in [0.1, 0.15) is 0 Å². The van der Waals surface area contributed by atoms with E-state index in [-0.39, 0.29) is 62.8 Å². The molecule has 0 amide bonds. The molecule has 8 nitrogen and oxygen atoms in total. The van der Waals surface area contributed by atoms with Gasteiger partial charge in [-0.05, 0) is 37.5 Å². The van der Waals surface area contributed by atoms with E-state index in [1.165, 1.54) is 77.0 Å². The molecule has 0 fully saturated rings. The van der Waals surface area contributed by atoms with E-state index in [9.17, 15) is 25.9 Å². The third-order valence-corrected chi connectivity index (χ3v) is 7.61. The molecule has 232 valence electrons. The maximum absolute atomic E-state index is 10.5. The Kier molecular flexibility index (Phi) is 34.7. The summed E-state index contributed by atoms with van der Waals surface area (Å²) in [6, 6.07) is 0. The van der Waals surface area contributed by atoms with Crippen LogP contribution in [-0.4, -0.2) is 76.9 Å². The summed E-state index contributed by atoms with van der Waals surface area (Å²) in [5, 5.41) is 0. The van der Waals surface area contributed by atoms with Gasteiger partial charge in [0.15, 0.2) is 0 Å². The molecule has 0 bridgehead atoms. The summed E-state index contributed by atoms with van der Waals surface area (Å²) >= 11 is 0. The van der Waals surface area contributed by atoms with Gasteiger partial charge in [0.2, 0.25) is 20.8 Å². The van der Waals surface area contributed by atoms with Gasteiger partial charge in [-0.1, -0.05) is 130 Å². The van der Waals surface area contributed by atoms with Crippen molar-refractivity contribution < 1.29 is 34.3 Å². The van der Waals surface area contributed by atoms with Crippen LogP contribution in [0.2, 0.25) is 0 Å². The first-order valence-electron chi connectivity index (χ1n) is 15.2. The van der Waals surface area contributed by atoms with E-state index >= 15 is 0 Å². The van der Waals surface area contributed by atoms with Gasteiger partial charge in [-0.25, -0.2) is 16.8 Å². The molecule has 0 saturated carbocycles. The Morgan fingerprint density at radius 3 is 0.872 bits per heavy atom. The van der Waals surface area contributed by atoms with Crippen LogP contribution < -0.4 is 0 Å². The van der Waals surface area contributed by atoms with Crippen LogP contribution in [0.1, 0.15) is 156 Å². The molecule has 0 saturated heterocycles. The van der Waals surface area contributed by atoms with E-state index in [1.807, 2.05) is 0 Å². The normalized spacial score (nSPS) is 11.9. The summed E-state index contributed by atoms with van der Waals surface area (Å²) < 4.78 is 71.9. The molecule has 0 aromatic carbocycles. The largest absolute Gasteiger partial charge is 2.00 e. The van der Waals surface area contributed by atoms with Crippen molar-refractivity contribution in [1.29, 1.82) is 0 Å². The van der Waals surface area contributed by atoms with Crippen LogP contribution in [0.15, 0.2) is 0 Å². The topological polar surface area (TPSA) is 133 Å². The minimum Gasteiger partial charge on any atom is -0.726 e. The Morgan fingerprint density at radius 2 is 0.692 bits per heavy atom. The van der Waals surface area contributed by atoms with Gasteiger partial charge >= 0.3 is 37.7 Å². The number of unbranched alkanes of at least 4 members (excludes halogenated alkanes) is 12. The second-order valence-corrected chi connectivity index (χ2v) is 12.6. The van der Waals surface area contributed by atoms with Crippen molar-refractivity contribution in [2.75, 3.05) is 13.2 Å². The van der Waals surface area contributed by atoms with E-state index in [0.29, 0.717) is 0 Å². The van der Waals surface area contributed by atoms with E-state index in [0.717, 1.165) is 51.4 Å². The van der Waals surface area contributed by atoms with Gasteiger partial charge in [-0.15, -0.1) is 0 Å². The zero-order valence-corrected chi connectivity index (χ0v) is 29.3. The molecule has 39 heavy (non-hydrogen) atoms. The summed E-state index contributed by atoms with van der Waals surface area (Å²) in [7, 11) is -9.08. The van der Waals surface area contributed by atoms with Crippen LogP contribution >= 0.6 is 0 Å². The summed E-state index contributed by atoms with van der Waals surface area (Å²) in [5.41, 5.74) is 0. The van der Waals surface area contributed by atoms with Crippen molar-refractivity contribution >= 4 is 58.5 Å². The Labute approximate surface area is 272 Å². The van der Waals surface area contributed by atoms with E-state index < -0.39 is 20.8 Å². The van der Waals surface area contributed by atoms with Crippen molar-refractivity contribution in [2.24, 2.45) is 11.8 Å². The summed E-state index contributed by atoms with van der Waals surface area (Å²) in [5.74, 6) is 0.412. The molecule has 0 heterocycles. The summed E-state index contributed by atoms with van der Waals surface area (Å²) in [4.78, 5) is 0. The van der Waals surface area contributed by atoms with E-state index in [1.54, 1.807) is 0 Å². The standard InChI is InChI=1S/2C14H30O4S.Ca/c2*1-3-5-7-9-11-14(12-10-8-6-4-2)13-18-19(15,16)17;/h2*14H,3-13H2,1-2H3,(H,15,16,17);/q;;+2/p-2. The molecular formula is C28H58CaO8S2. The molecular weight excluding hydrogens is 569 g/mol. The zero-order chi connectivity index (χ0) is 29.1. The third-order valence-electron chi connectivity index (χ3n) is 6.76. The fourth-order valence-corrected chi connectivity index (χ4v) is 5.14. The Morgan fingerprint density at radius 1 is 0.462 bits per heavy atom. The van der Waals surface area contributed by atoms with Gasteiger partial charge in [-0.3, -0.25) is 8.37 Å². The first-order valence-corrected chi connectivity index (χ1v) is 17.9. The fraction of sp³-hybridized carbons (Fsp3) is 1.00. The number of hydrogen-bond acceptors (Lipinski definition) is 8. The number of hydrogen-bond donors (Lipinski definition) is 0. The SMILES string of the molecule is CCCCCCC(CCCCCC)COS(=O)(=O)[O-].CCCCCCC(CCCCCC)COS(=O)(=O)[O-].[Ca+2]. The second kappa shape index (κ2) is 30.5. The monoisotopic (exact) mass is 626 g/mol. The van der Waals surface area contributed by atoms with Gasteiger partial charge in [0.05, 0.1) is 13.2 Å². The Balaban J connectivity index is -0.000000648. The quantitative estimate of drug-likeness (QED) is 0.0413. The molecule has 0 aliphatic heterocycles. The molecule has 0 spiro atoms. The predicted octanol–water partition coefficient (Wildman–Crippen LogP) is 7.66. The van der Waals surface area contributed by atoms with Crippen LogP contribution in [0, 0.1) is 11.8 Å². The maximum atomic E-state index is 10.5. The molecule has 0 aromatic heterocycles. The average molecular weight is 627 g/mol. The van der Waals surface area contributed by atoms with Crippen LogP contribution in [0.5, 0.6) is 0 Å². The van der Waals surface area contributed by atoms with Crippen LogP contribution in [0.3, 0.4) is 0 Å². The molecule has 0 atom stereocenters. The summed E-state index contributed by atoms with van der Waals surface area (Å²) in [6.45, 7) is 8.77. The van der Waals surface area contributed by atoms with Gasteiger partial charge in [0.25, 0.3) is 0 Å². The molecule has 0 aromatic rings. The smallest absolute Gasteiger partial charge is 0.726 e. The van der Waals surface area contributed by atoms with Gasteiger partial charge in [0, 0.05) is 0 Å². The van der Waals surface area contributed by atoms with Crippen LogP contribution in [0.25, 0.3) is 0 Å². The average Bonchev–Trinajstić information content (AvgIpc) is 2.84. The molecule has 0 aliphatic carbocycles. The van der Waals surface area contributed by atoms with Crippen molar-refractivity contribution in [1.82, 2.24) is 0 Å². The minimum absolute atomic E-state index is 0. The molecule has 0 radical (unpaired) electrons. The predicted molar refractivity (Wildman–Crippen MR) is 159 cm³/mol. The van der Waals surface area contributed by atoms with Crippen molar-refractivity contribution in [3.8, 4) is 0 Å². The fourth-order valence-electron chi connectivity index (χ4n) is 4.42.